The Bertz CT molecular complexity index is 675. The summed E-state index contributed by atoms with van der Waals surface area (Å²) in [5.74, 6) is 6.43. The van der Waals surface area contributed by atoms with Gasteiger partial charge < -0.3 is 15.4 Å². The van der Waals surface area contributed by atoms with Crippen molar-refractivity contribution in [1.29, 1.82) is 0 Å². The molecule has 6 heteroatoms. The Hall–Kier alpha value is -3.07. The van der Waals surface area contributed by atoms with E-state index in [-0.39, 0.29) is 6.61 Å². The Morgan fingerprint density at radius 3 is 2.65 bits per heavy atom. The molecule has 1 amide bonds. The van der Waals surface area contributed by atoms with E-state index in [1.54, 1.807) is 19.4 Å². The number of rotatable bonds is 5. The number of ether oxygens (including phenoxy) is 1. The highest BCUT2D eigenvalue weighted by Gasteiger charge is 2.00. The van der Waals surface area contributed by atoms with E-state index in [2.05, 4.69) is 32.4 Å². The Kier molecular flexibility index (Phi) is 6.42. The summed E-state index contributed by atoms with van der Waals surface area (Å²) >= 11 is 0. The van der Waals surface area contributed by atoms with E-state index in [1.807, 2.05) is 30.3 Å². The predicted molar refractivity (Wildman–Crippen MR) is 87.7 cm³/mol. The van der Waals surface area contributed by atoms with Gasteiger partial charge in [0.05, 0.1) is 5.56 Å². The van der Waals surface area contributed by atoms with E-state index in [0.29, 0.717) is 18.9 Å². The van der Waals surface area contributed by atoms with Crippen molar-refractivity contribution in [3.63, 3.8) is 0 Å². The fourth-order valence-corrected chi connectivity index (χ4v) is 1.69. The van der Waals surface area contributed by atoms with E-state index >= 15 is 0 Å². The lowest BCUT2D eigenvalue weighted by Gasteiger charge is -2.05. The van der Waals surface area contributed by atoms with Crippen LogP contribution in [-0.2, 0) is 11.3 Å². The maximum atomic E-state index is 11.5. The van der Waals surface area contributed by atoms with Crippen LogP contribution >= 0.6 is 0 Å². The van der Waals surface area contributed by atoms with Crippen LogP contribution in [0.1, 0.15) is 17.5 Å². The molecule has 6 nitrogen and oxygen atoms in total. The molecule has 0 saturated carbocycles. The van der Waals surface area contributed by atoms with Gasteiger partial charge in [0, 0.05) is 32.4 Å². The van der Waals surface area contributed by atoms with Gasteiger partial charge in [0.25, 0.3) is 0 Å². The van der Waals surface area contributed by atoms with Crippen molar-refractivity contribution in [3.05, 3.63) is 53.9 Å². The number of benzene rings is 1. The van der Waals surface area contributed by atoms with Crippen LogP contribution in [0.25, 0.3) is 0 Å². The normalized spacial score (nSPS) is 9.43. The minimum Gasteiger partial charge on any atom is -0.445 e. The quantitative estimate of drug-likeness (QED) is 0.654. The van der Waals surface area contributed by atoms with Crippen molar-refractivity contribution in [1.82, 2.24) is 15.3 Å². The summed E-state index contributed by atoms with van der Waals surface area (Å²) in [7, 11) is 1.75. The van der Waals surface area contributed by atoms with Crippen LogP contribution in [0.15, 0.2) is 42.7 Å². The van der Waals surface area contributed by atoms with Crippen LogP contribution in [0.2, 0.25) is 0 Å². The number of hydrogen-bond donors (Lipinski definition) is 2. The monoisotopic (exact) mass is 310 g/mol. The van der Waals surface area contributed by atoms with Crippen molar-refractivity contribution < 1.29 is 9.53 Å². The molecule has 2 rings (SSSR count). The molecule has 1 heterocycles. The van der Waals surface area contributed by atoms with Gasteiger partial charge in [-0.1, -0.05) is 42.2 Å². The highest BCUT2D eigenvalue weighted by atomic mass is 16.5. The number of anilines is 1. The Balaban J connectivity index is 1.65. The molecular formula is C17H18N4O2. The summed E-state index contributed by atoms with van der Waals surface area (Å²) in [4.78, 5) is 19.6. The number of amides is 1. The van der Waals surface area contributed by atoms with Crippen molar-refractivity contribution in [3.8, 4) is 11.8 Å². The second-order valence-electron chi connectivity index (χ2n) is 4.59. The first kappa shape index (κ1) is 16.3. The molecule has 118 valence electrons. The van der Waals surface area contributed by atoms with E-state index in [1.165, 1.54) is 0 Å². The molecule has 2 N–H and O–H groups in total. The van der Waals surface area contributed by atoms with Crippen LogP contribution in [0.3, 0.4) is 0 Å². The molecule has 0 atom stereocenters. The third-order valence-corrected chi connectivity index (χ3v) is 2.84. The van der Waals surface area contributed by atoms with Gasteiger partial charge in [0.1, 0.15) is 6.61 Å². The van der Waals surface area contributed by atoms with Gasteiger partial charge in [-0.3, -0.25) is 0 Å². The van der Waals surface area contributed by atoms with E-state index in [9.17, 15) is 4.79 Å². The van der Waals surface area contributed by atoms with Gasteiger partial charge in [-0.05, 0) is 5.56 Å². The molecule has 1 aromatic carbocycles. The summed E-state index contributed by atoms with van der Waals surface area (Å²) in [6, 6.07) is 9.53. The van der Waals surface area contributed by atoms with Crippen LogP contribution in [0, 0.1) is 11.8 Å². The number of carbonyl (C=O) groups is 1. The average Bonchev–Trinajstić information content (AvgIpc) is 2.61. The third kappa shape index (κ3) is 6.06. The number of nitrogens with zero attached hydrogens (tertiary/aromatic N) is 2. The molecular weight excluding hydrogens is 292 g/mol. The smallest absolute Gasteiger partial charge is 0.407 e. The summed E-state index contributed by atoms with van der Waals surface area (Å²) in [5.41, 5.74) is 1.68. The van der Waals surface area contributed by atoms with Crippen LogP contribution < -0.4 is 10.6 Å². The second kappa shape index (κ2) is 9.05. The topological polar surface area (TPSA) is 76.1 Å². The average molecular weight is 310 g/mol. The highest BCUT2D eigenvalue weighted by molar-refractivity contribution is 5.67. The van der Waals surface area contributed by atoms with Crippen molar-refractivity contribution in [2.45, 2.75) is 13.0 Å². The molecule has 23 heavy (non-hydrogen) atoms. The lowest BCUT2D eigenvalue weighted by molar-refractivity contribution is 0.140. The molecule has 0 aliphatic carbocycles. The third-order valence-electron chi connectivity index (χ3n) is 2.84. The Morgan fingerprint density at radius 2 is 1.96 bits per heavy atom. The number of carbonyl (C=O) groups excluding carboxylic acids is 1. The fourth-order valence-electron chi connectivity index (χ4n) is 1.69. The summed E-state index contributed by atoms with van der Waals surface area (Å²) in [6.45, 7) is 0.684. The largest absolute Gasteiger partial charge is 0.445 e. The van der Waals surface area contributed by atoms with Gasteiger partial charge in [0.2, 0.25) is 5.95 Å². The number of alkyl carbamates (subject to hydrolysis) is 1. The minimum absolute atomic E-state index is 0.257. The number of nitrogens with one attached hydrogen (secondary N) is 2. The van der Waals surface area contributed by atoms with E-state index in [4.69, 9.17) is 4.74 Å². The maximum absolute atomic E-state index is 11.5. The van der Waals surface area contributed by atoms with E-state index in [0.717, 1.165) is 11.1 Å². The number of aromatic nitrogens is 2. The van der Waals surface area contributed by atoms with Crippen LogP contribution in [0.5, 0.6) is 0 Å². The summed E-state index contributed by atoms with van der Waals surface area (Å²) in [5, 5.41) is 5.49. The molecule has 0 saturated heterocycles. The maximum Gasteiger partial charge on any atom is 0.407 e. The first-order chi connectivity index (χ1) is 11.3. The first-order valence-corrected chi connectivity index (χ1v) is 7.21. The standard InChI is InChI=1S/C17H18N4O2/c1-18-16-20-11-15(12-21-16)9-5-6-10-19-17(22)23-13-14-7-3-2-4-8-14/h2-4,7-8,11-12H,6,10,13H2,1H3,(H,19,22)(H,18,20,21). The lowest BCUT2D eigenvalue weighted by atomic mass is 10.2. The minimum atomic E-state index is -0.447. The predicted octanol–water partition coefficient (Wildman–Crippen LogP) is 2.19. The van der Waals surface area contributed by atoms with Gasteiger partial charge in [-0.25, -0.2) is 14.8 Å². The first-order valence-electron chi connectivity index (χ1n) is 7.21. The molecule has 0 bridgehead atoms. The Labute approximate surface area is 135 Å². The van der Waals surface area contributed by atoms with Gasteiger partial charge in [-0.2, -0.15) is 0 Å². The SMILES string of the molecule is CNc1ncc(C#CCCNC(=O)OCc2ccccc2)cn1. The molecule has 0 aliphatic rings. The molecule has 0 fully saturated rings. The zero-order valence-electron chi connectivity index (χ0n) is 12.9. The van der Waals surface area contributed by atoms with E-state index < -0.39 is 6.09 Å². The molecule has 1 aromatic heterocycles. The second-order valence-corrected chi connectivity index (χ2v) is 4.59. The van der Waals surface area contributed by atoms with Gasteiger partial charge in [-0.15, -0.1) is 0 Å². The molecule has 0 radical (unpaired) electrons. The summed E-state index contributed by atoms with van der Waals surface area (Å²) in [6.07, 6.45) is 3.37. The molecule has 2 aromatic rings. The van der Waals surface area contributed by atoms with Crippen LogP contribution in [-0.4, -0.2) is 29.7 Å². The van der Waals surface area contributed by atoms with Gasteiger partial charge >= 0.3 is 6.09 Å². The lowest BCUT2D eigenvalue weighted by Crippen LogP contribution is -2.24. The molecule has 0 unspecified atom stereocenters. The van der Waals surface area contributed by atoms with Crippen molar-refractivity contribution >= 4 is 12.0 Å². The molecule has 0 aliphatic heterocycles. The highest BCUT2D eigenvalue weighted by Crippen LogP contribution is 2.00. The van der Waals surface area contributed by atoms with Crippen molar-refractivity contribution in [2.75, 3.05) is 18.9 Å². The molecule has 0 spiro atoms. The summed E-state index contributed by atoms with van der Waals surface area (Å²) < 4.78 is 5.09. The zero-order chi connectivity index (χ0) is 16.3. The van der Waals surface area contributed by atoms with Gasteiger partial charge in [0.15, 0.2) is 0 Å². The zero-order valence-corrected chi connectivity index (χ0v) is 12.9. The van der Waals surface area contributed by atoms with Crippen molar-refractivity contribution in [2.24, 2.45) is 0 Å². The Morgan fingerprint density at radius 1 is 1.22 bits per heavy atom. The fraction of sp³-hybridized carbons (Fsp3) is 0.235. The number of hydrogen-bond acceptors (Lipinski definition) is 5. The van der Waals surface area contributed by atoms with Crippen LogP contribution in [0.4, 0.5) is 10.7 Å².